The summed E-state index contributed by atoms with van der Waals surface area (Å²) in [6.07, 6.45) is -3.92. The summed E-state index contributed by atoms with van der Waals surface area (Å²) in [6.45, 7) is -0.0321. The summed E-state index contributed by atoms with van der Waals surface area (Å²) < 4.78 is 111. The number of aliphatic hydroxyl groups excluding tert-OH is 1. The molecule has 1 saturated carbocycles. The zero-order valence-corrected chi connectivity index (χ0v) is 26.8. The van der Waals surface area contributed by atoms with Gasteiger partial charge in [0.05, 0.1) is 16.6 Å². The molecule has 0 amide bonds. The van der Waals surface area contributed by atoms with Crippen LogP contribution in [0.4, 0.5) is 40.9 Å². The summed E-state index contributed by atoms with van der Waals surface area (Å²) in [5.41, 5.74) is 3.55. The molecule has 49 heavy (non-hydrogen) atoms. The van der Waals surface area contributed by atoms with Crippen LogP contribution in [-0.2, 0) is 25.4 Å². The van der Waals surface area contributed by atoms with E-state index < -0.39 is 41.7 Å². The van der Waals surface area contributed by atoms with Crippen molar-refractivity contribution in [2.45, 2.75) is 76.4 Å². The highest BCUT2D eigenvalue weighted by molar-refractivity contribution is 5.83. The lowest BCUT2D eigenvalue weighted by atomic mass is 9.77. The summed E-state index contributed by atoms with van der Waals surface area (Å²) in [7, 11) is 1.33. The van der Waals surface area contributed by atoms with Crippen molar-refractivity contribution in [2.24, 2.45) is 28.5 Å². The predicted molar refractivity (Wildman–Crippen MR) is 168 cm³/mol. The van der Waals surface area contributed by atoms with Gasteiger partial charge >= 0.3 is 12.4 Å². The normalized spacial score (nSPS) is 20.7. The maximum Gasteiger partial charge on any atom is 0.416 e. The van der Waals surface area contributed by atoms with Crippen molar-refractivity contribution in [3.63, 3.8) is 0 Å². The molecule has 8 nitrogen and oxygen atoms in total. The second-order valence-electron chi connectivity index (χ2n) is 12.9. The molecule has 16 heteroatoms. The van der Waals surface area contributed by atoms with Gasteiger partial charge in [-0.15, -0.1) is 5.10 Å². The Morgan fingerprint density at radius 3 is 2.14 bits per heavy atom. The Morgan fingerprint density at radius 1 is 0.918 bits per heavy atom. The van der Waals surface area contributed by atoms with Crippen LogP contribution >= 0.6 is 0 Å². The highest BCUT2D eigenvalue weighted by Crippen LogP contribution is 2.41. The highest BCUT2D eigenvalue weighted by atomic mass is 19.4. The van der Waals surface area contributed by atoms with Gasteiger partial charge in [-0.2, -0.15) is 26.3 Å². The number of anilines is 1. The summed E-state index contributed by atoms with van der Waals surface area (Å²) in [5.74, 6) is 4.32. The second kappa shape index (κ2) is 14.5. The van der Waals surface area contributed by atoms with Gasteiger partial charge in [-0.1, -0.05) is 12.8 Å². The van der Waals surface area contributed by atoms with E-state index in [1.54, 1.807) is 6.07 Å². The van der Waals surface area contributed by atoms with Gasteiger partial charge in [0, 0.05) is 56.3 Å². The van der Waals surface area contributed by atoms with Crippen molar-refractivity contribution in [2.75, 3.05) is 25.1 Å². The Balaban J connectivity index is 1.58. The minimum atomic E-state index is -5.06. The monoisotopic (exact) mass is 701 g/mol. The smallest absolute Gasteiger partial charge is 0.396 e. The van der Waals surface area contributed by atoms with Crippen LogP contribution in [-0.4, -0.2) is 52.3 Å². The third-order valence-electron chi connectivity index (χ3n) is 9.42. The third-order valence-corrected chi connectivity index (χ3v) is 9.42. The van der Waals surface area contributed by atoms with E-state index in [4.69, 9.17) is 16.6 Å². The van der Waals surface area contributed by atoms with Gasteiger partial charge in [-0.05, 0) is 79.8 Å². The number of hydrogen-bond donors (Lipinski definition) is 3. The van der Waals surface area contributed by atoms with Gasteiger partial charge in [0.2, 0.25) is 5.96 Å². The zero-order chi connectivity index (χ0) is 35.7. The first-order valence-electron chi connectivity index (χ1n) is 16.1. The van der Waals surface area contributed by atoms with E-state index in [1.807, 2.05) is 0 Å². The molecule has 2 aliphatic rings. The van der Waals surface area contributed by atoms with E-state index in [0.29, 0.717) is 41.9 Å². The Hall–Kier alpha value is -3.92. The van der Waals surface area contributed by atoms with Gasteiger partial charge in [-0.25, -0.2) is 24.7 Å². The SMILES string of the molecule is CN(N)/N=C(\N)N(Cc1cc(C(F)(F)F)cc(C(F)(F)F)c1)Cc1cc2cc(F)c(F)cc2nc1N1CCCC1C1CCC(CCO)CC1. The lowest BCUT2D eigenvalue weighted by Gasteiger charge is -2.38. The predicted octanol–water partition coefficient (Wildman–Crippen LogP) is 6.75. The molecule has 2 fully saturated rings. The molecule has 1 unspecified atom stereocenters. The summed E-state index contributed by atoms with van der Waals surface area (Å²) >= 11 is 0. The molecule has 1 aliphatic heterocycles. The van der Waals surface area contributed by atoms with E-state index >= 15 is 0 Å². The van der Waals surface area contributed by atoms with Crippen LogP contribution in [0.15, 0.2) is 41.5 Å². The molecule has 0 bridgehead atoms. The van der Waals surface area contributed by atoms with Crippen molar-refractivity contribution >= 4 is 22.7 Å². The maximum atomic E-state index is 14.4. The van der Waals surface area contributed by atoms with Gasteiger partial charge in [0.1, 0.15) is 5.82 Å². The largest absolute Gasteiger partial charge is 0.416 e. The lowest BCUT2D eigenvalue weighted by Crippen LogP contribution is -2.41. The van der Waals surface area contributed by atoms with Gasteiger partial charge in [0.15, 0.2) is 11.6 Å². The molecular weight excluding hydrogens is 662 g/mol. The molecular formula is C33H39F8N7O. The van der Waals surface area contributed by atoms with E-state index in [-0.39, 0.29) is 47.7 Å². The van der Waals surface area contributed by atoms with Crippen LogP contribution in [0.25, 0.3) is 10.9 Å². The van der Waals surface area contributed by atoms with Gasteiger partial charge in [-0.3, -0.25) is 0 Å². The molecule has 5 N–H and O–H groups in total. The van der Waals surface area contributed by atoms with Gasteiger partial charge < -0.3 is 20.6 Å². The first-order valence-corrected chi connectivity index (χ1v) is 16.1. The summed E-state index contributed by atoms with van der Waals surface area (Å²) in [4.78, 5) is 8.14. The second-order valence-corrected chi connectivity index (χ2v) is 12.9. The highest BCUT2D eigenvalue weighted by Gasteiger charge is 2.38. The van der Waals surface area contributed by atoms with Gasteiger partial charge in [0.25, 0.3) is 0 Å². The van der Waals surface area contributed by atoms with Crippen molar-refractivity contribution in [3.05, 3.63) is 70.3 Å². The molecule has 1 aromatic heterocycles. The molecule has 2 heterocycles. The minimum absolute atomic E-state index is 0.0444. The van der Waals surface area contributed by atoms with Crippen LogP contribution in [0.3, 0.4) is 0 Å². The summed E-state index contributed by atoms with van der Waals surface area (Å²) in [5, 5.41) is 14.4. The number of nitrogens with zero attached hydrogens (tertiary/aromatic N) is 5. The molecule has 1 aliphatic carbocycles. The number of guanidine groups is 1. The molecule has 5 rings (SSSR count). The first-order chi connectivity index (χ1) is 23.0. The fourth-order valence-electron chi connectivity index (χ4n) is 7.14. The third kappa shape index (κ3) is 8.63. The Bertz CT molecular complexity index is 1620. The molecule has 0 spiro atoms. The zero-order valence-electron chi connectivity index (χ0n) is 26.8. The fourth-order valence-corrected chi connectivity index (χ4v) is 7.14. The van der Waals surface area contributed by atoms with Crippen LogP contribution in [0.2, 0.25) is 0 Å². The number of rotatable bonds is 9. The number of aromatic nitrogens is 1. The molecule has 268 valence electrons. The quantitative estimate of drug-likeness (QED) is 0.0746. The number of benzene rings is 2. The molecule has 2 aromatic carbocycles. The number of aliphatic hydroxyl groups is 1. The topological polar surface area (TPSA) is 107 Å². The Morgan fingerprint density at radius 2 is 1.55 bits per heavy atom. The number of hydrazone groups is 1. The number of halogens is 8. The van der Waals surface area contributed by atoms with Crippen LogP contribution < -0.4 is 16.5 Å². The average Bonchev–Trinajstić information content (AvgIpc) is 3.50. The first kappa shape index (κ1) is 36.4. The number of hydrazine groups is 1. The lowest BCUT2D eigenvalue weighted by molar-refractivity contribution is -0.143. The maximum absolute atomic E-state index is 14.4. The molecule has 1 saturated heterocycles. The van der Waals surface area contributed by atoms with Crippen molar-refractivity contribution < 1.29 is 40.2 Å². The van der Waals surface area contributed by atoms with E-state index in [0.717, 1.165) is 62.2 Å². The fraction of sp³-hybridized carbons (Fsp3) is 0.515. The van der Waals surface area contributed by atoms with E-state index in [9.17, 15) is 40.2 Å². The van der Waals surface area contributed by atoms with Crippen LogP contribution in [0.1, 0.15) is 67.2 Å². The van der Waals surface area contributed by atoms with Crippen LogP contribution in [0, 0.1) is 23.5 Å². The Kier molecular flexibility index (Phi) is 10.8. The number of fused-ring (bicyclic) bond motifs is 1. The molecule has 0 radical (unpaired) electrons. The number of alkyl halides is 6. The Labute approximate surface area is 278 Å². The standard InChI is InChI=1S/C33H39F8N7O/c1-46(43)45-31(42)47(17-20-11-24(32(36,37)38)15-25(12-20)33(39,40)41)18-23-13-22-14-26(34)27(35)16-28(22)44-30(23)48-9-2-3-29(48)21-6-4-19(5-7-21)8-10-49/h11-16,19,21,29,49H,2-10,17-18,43H2,1H3,(H2,42,45). The summed E-state index contributed by atoms with van der Waals surface area (Å²) in [6, 6.07) is 4.87. The number of pyridine rings is 1. The van der Waals surface area contributed by atoms with Crippen LogP contribution in [0.5, 0.6) is 0 Å². The van der Waals surface area contributed by atoms with Crippen molar-refractivity contribution in [1.82, 2.24) is 15.0 Å². The van der Waals surface area contributed by atoms with E-state index in [1.165, 1.54) is 11.9 Å². The van der Waals surface area contributed by atoms with Crippen molar-refractivity contribution in [1.29, 1.82) is 0 Å². The average molecular weight is 702 g/mol. The molecule has 1 atom stereocenters. The minimum Gasteiger partial charge on any atom is -0.396 e. The number of nitrogens with two attached hydrogens (primary N) is 2. The van der Waals surface area contributed by atoms with Crippen molar-refractivity contribution in [3.8, 4) is 0 Å². The number of hydrogen-bond acceptors (Lipinski definition) is 6. The molecule has 3 aromatic rings. The van der Waals surface area contributed by atoms with E-state index in [2.05, 4.69) is 10.0 Å².